The number of esters is 1. The van der Waals surface area contributed by atoms with Crippen LogP contribution in [-0.4, -0.2) is 18.9 Å². The third-order valence-electron chi connectivity index (χ3n) is 2.60. The molecule has 1 aromatic heterocycles. The van der Waals surface area contributed by atoms with E-state index < -0.39 is 0 Å². The minimum absolute atomic E-state index is 0.0449. The summed E-state index contributed by atoms with van der Waals surface area (Å²) >= 11 is 6.88. The smallest absolute Gasteiger partial charge is 0.310 e. The number of rotatable bonds is 4. The molecule has 20 heavy (non-hydrogen) atoms. The number of carbonyl (C=O) groups excluding carboxylic acids is 2. The third-order valence-corrected chi connectivity index (χ3v) is 5.05. The van der Waals surface area contributed by atoms with Gasteiger partial charge < -0.3 is 4.74 Å². The van der Waals surface area contributed by atoms with Gasteiger partial charge in [-0.1, -0.05) is 15.9 Å². The first kappa shape index (κ1) is 15.7. The maximum Gasteiger partial charge on any atom is 0.310 e. The second kappa shape index (κ2) is 6.82. The van der Waals surface area contributed by atoms with Gasteiger partial charge >= 0.3 is 5.97 Å². The Morgan fingerprint density at radius 2 is 2.05 bits per heavy atom. The molecule has 0 aliphatic rings. The zero-order valence-electron chi connectivity index (χ0n) is 10.5. The number of thiophene rings is 1. The summed E-state index contributed by atoms with van der Waals surface area (Å²) in [6.45, 7) is 0. The molecule has 0 N–H and O–H groups in total. The van der Waals surface area contributed by atoms with Crippen molar-refractivity contribution in [2.45, 2.75) is 6.42 Å². The molecule has 0 spiro atoms. The van der Waals surface area contributed by atoms with E-state index in [2.05, 4.69) is 43.3 Å². The van der Waals surface area contributed by atoms with Crippen LogP contribution in [0.2, 0.25) is 0 Å². The highest BCUT2D eigenvalue weighted by Crippen LogP contribution is 2.26. The lowest BCUT2D eigenvalue weighted by atomic mass is 10.1. The summed E-state index contributed by atoms with van der Waals surface area (Å²) in [5.74, 6) is -0.349. The summed E-state index contributed by atoms with van der Waals surface area (Å²) in [5.41, 5.74) is 0.628. The van der Waals surface area contributed by atoms with E-state index in [1.807, 2.05) is 18.2 Å². The normalized spacial score (nSPS) is 10.3. The predicted octanol–water partition coefficient (Wildman–Crippen LogP) is 4.06. The second-order valence-electron chi connectivity index (χ2n) is 3.97. The molecule has 0 aliphatic heterocycles. The summed E-state index contributed by atoms with van der Waals surface area (Å²) in [4.78, 5) is 25.1. The molecule has 6 heteroatoms. The summed E-state index contributed by atoms with van der Waals surface area (Å²) < 4.78 is 6.39. The van der Waals surface area contributed by atoms with Crippen LogP contribution in [0.5, 0.6) is 0 Å². The molecular weight excluding hydrogens is 455 g/mol. The van der Waals surface area contributed by atoms with Crippen molar-refractivity contribution in [3.05, 3.63) is 53.7 Å². The van der Waals surface area contributed by atoms with E-state index in [4.69, 9.17) is 0 Å². The van der Waals surface area contributed by atoms with E-state index in [9.17, 15) is 9.59 Å². The van der Waals surface area contributed by atoms with E-state index in [1.165, 1.54) is 18.4 Å². The molecule has 0 amide bonds. The predicted molar refractivity (Wildman–Crippen MR) is 90.3 cm³/mol. The molecule has 1 heterocycles. The Morgan fingerprint density at radius 3 is 2.75 bits per heavy atom. The standard InChI is InChI=1S/C14H10BrIO3S/c1-19-13(17)7-9-3-5-12(20-9)14(18)10-6-8(16)2-4-11(10)15/h2-6H,7H2,1H3. The molecule has 104 valence electrons. The van der Waals surface area contributed by atoms with E-state index in [-0.39, 0.29) is 18.2 Å². The second-order valence-corrected chi connectivity index (χ2v) is 7.24. The van der Waals surface area contributed by atoms with Crippen LogP contribution in [0.4, 0.5) is 0 Å². The van der Waals surface area contributed by atoms with Crippen molar-refractivity contribution in [1.29, 1.82) is 0 Å². The molecule has 0 radical (unpaired) electrons. The van der Waals surface area contributed by atoms with Crippen molar-refractivity contribution >= 4 is 61.6 Å². The SMILES string of the molecule is COC(=O)Cc1ccc(C(=O)c2cc(I)ccc2Br)s1. The number of hydrogen-bond donors (Lipinski definition) is 0. The van der Waals surface area contributed by atoms with Crippen LogP contribution in [0.3, 0.4) is 0 Å². The highest BCUT2D eigenvalue weighted by molar-refractivity contribution is 14.1. The maximum atomic E-state index is 12.4. The van der Waals surface area contributed by atoms with E-state index in [0.717, 1.165) is 12.9 Å². The number of ketones is 1. The van der Waals surface area contributed by atoms with Gasteiger partial charge in [0.1, 0.15) is 0 Å². The van der Waals surface area contributed by atoms with Gasteiger partial charge in [0, 0.05) is 18.5 Å². The average Bonchev–Trinajstić information content (AvgIpc) is 2.89. The summed E-state index contributed by atoms with van der Waals surface area (Å²) in [5, 5.41) is 0. The molecule has 0 unspecified atom stereocenters. The van der Waals surface area contributed by atoms with E-state index in [1.54, 1.807) is 12.1 Å². The first-order chi connectivity index (χ1) is 9.51. The average molecular weight is 465 g/mol. The van der Waals surface area contributed by atoms with Gasteiger partial charge in [-0.05, 0) is 52.9 Å². The number of carbonyl (C=O) groups is 2. The molecule has 0 saturated carbocycles. The highest BCUT2D eigenvalue weighted by Gasteiger charge is 2.16. The Morgan fingerprint density at radius 1 is 1.30 bits per heavy atom. The van der Waals surface area contributed by atoms with E-state index >= 15 is 0 Å². The molecule has 1 aromatic carbocycles. The summed E-state index contributed by atoms with van der Waals surface area (Å²) in [6.07, 6.45) is 0.196. The first-order valence-electron chi connectivity index (χ1n) is 5.66. The third kappa shape index (κ3) is 3.67. The minimum Gasteiger partial charge on any atom is -0.469 e. The van der Waals surface area contributed by atoms with E-state index in [0.29, 0.717) is 10.4 Å². The van der Waals surface area contributed by atoms with Crippen LogP contribution in [0.15, 0.2) is 34.8 Å². The van der Waals surface area contributed by atoms with Crippen LogP contribution in [0.1, 0.15) is 20.1 Å². The number of benzene rings is 1. The highest BCUT2D eigenvalue weighted by atomic mass is 127. The molecule has 2 rings (SSSR count). The Bertz CT molecular complexity index is 666. The lowest BCUT2D eigenvalue weighted by Gasteiger charge is -2.02. The van der Waals surface area contributed by atoms with Crippen molar-refractivity contribution in [3.8, 4) is 0 Å². The molecule has 0 bridgehead atoms. The number of halogens is 2. The van der Waals surface area contributed by atoms with Gasteiger partial charge in [-0.15, -0.1) is 11.3 Å². The summed E-state index contributed by atoms with van der Waals surface area (Å²) in [7, 11) is 1.35. The number of ether oxygens (including phenoxy) is 1. The molecule has 0 fully saturated rings. The molecular formula is C14H10BrIO3S. The van der Waals surface area contributed by atoms with Crippen LogP contribution in [-0.2, 0) is 16.0 Å². The fraction of sp³-hybridized carbons (Fsp3) is 0.143. The van der Waals surface area contributed by atoms with Gasteiger partial charge in [-0.2, -0.15) is 0 Å². The number of methoxy groups -OCH3 is 1. The van der Waals surface area contributed by atoms with Gasteiger partial charge in [-0.25, -0.2) is 0 Å². The molecule has 2 aromatic rings. The fourth-order valence-electron chi connectivity index (χ4n) is 1.61. The van der Waals surface area contributed by atoms with Gasteiger partial charge in [0.25, 0.3) is 0 Å². The van der Waals surface area contributed by atoms with Crippen molar-refractivity contribution in [3.63, 3.8) is 0 Å². The molecule has 0 atom stereocenters. The zero-order valence-corrected chi connectivity index (χ0v) is 15.0. The maximum absolute atomic E-state index is 12.4. The van der Waals surface area contributed by atoms with Gasteiger partial charge in [0.05, 0.1) is 18.4 Å². The lowest BCUT2D eigenvalue weighted by Crippen LogP contribution is -2.02. The topological polar surface area (TPSA) is 43.4 Å². The van der Waals surface area contributed by atoms with Gasteiger partial charge in [0.15, 0.2) is 0 Å². The zero-order chi connectivity index (χ0) is 14.7. The monoisotopic (exact) mass is 464 g/mol. The van der Waals surface area contributed by atoms with Gasteiger partial charge in [-0.3, -0.25) is 9.59 Å². The van der Waals surface area contributed by atoms with Crippen LogP contribution < -0.4 is 0 Å². The first-order valence-corrected chi connectivity index (χ1v) is 8.35. The molecule has 0 saturated heterocycles. The fourth-order valence-corrected chi connectivity index (χ4v) is 3.48. The van der Waals surface area contributed by atoms with Crippen LogP contribution in [0.25, 0.3) is 0 Å². The van der Waals surface area contributed by atoms with Crippen molar-refractivity contribution in [2.75, 3.05) is 7.11 Å². The Labute approximate surface area is 142 Å². The quantitative estimate of drug-likeness (QED) is 0.389. The number of hydrogen-bond acceptors (Lipinski definition) is 4. The molecule has 0 aliphatic carbocycles. The van der Waals surface area contributed by atoms with Crippen molar-refractivity contribution in [1.82, 2.24) is 0 Å². The molecule has 3 nitrogen and oxygen atoms in total. The minimum atomic E-state index is -0.304. The van der Waals surface area contributed by atoms with Gasteiger partial charge in [0.2, 0.25) is 5.78 Å². The Kier molecular flexibility index (Phi) is 5.34. The largest absolute Gasteiger partial charge is 0.469 e. The Balaban J connectivity index is 2.25. The van der Waals surface area contributed by atoms with Crippen LogP contribution in [0, 0.1) is 3.57 Å². The van der Waals surface area contributed by atoms with Crippen LogP contribution >= 0.6 is 49.9 Å². The lowest BCUT2D eigenvalue weighted by molar-refractivity contribution is -0.139. The van der Waals surface area contributed by atoms with Crippen molar-refractivity contribution in [2.24, 2.45) is 0 Å². The Hall–Kier alpha value is -0.730. The summed E-state index contributed by atoms with van der Waals surface area (Å²) in [6, 6.07) is 9.16. The van der Waals surface area contributed by atoms with Crippen molar-refractivity contribution < 1.29 is 14.3 Å².